The van der Waals surface area contributed by atoms with E-state index in [0.717, 1.165) is 12.8 Å². The SMILES string of the molecule is CCCCCCNC(=O)c1ccc(C(N)=NO)cn1. The van der Waals surface area contributed by atoms with Crippen molar-refractivity contribution >= 4 is 11.7 Å². The van der Waals surface area contributed by atoms with E-state index in [-0.39, 0.29) is 11.7 Å². The Balaban J connectivity index is 2.45. The molecule has 0 unspecified atom stereocenters. The summed E-state index contributed by atoms with van der Waals surface area (Å²) in [6.07, 6.45) is 5.85. The monoisotopic (exact) mass is 264 g/mol. The summed E-state index contributed by atoms with van der Waals surface area (Å²) < 4.78 is 0. The summed E-state index contributed by atoms with van der Waals surface area (Å²) in [5, 5.41) is 14.2. The van der Waals surface area contributed by atoms with Gasteiger partial charge in [-0.1, -0.05) is 31.3 Å². The van der Waals surface area contributed by atoms with Gasteiger partial charge in [0.05, 0.1) is 0 Å². The number of nitrogens with one attached hydrogen (secondary N) is 1. The van der Waals surface area contributed by atoms with Crippen LogP contribution < -0.4 is 11.1 Å². The van der Waals surface area contributed by atoms with E-state index in [4.69, 9.17) is 10.9 Å². The van der Waals surface area contributed by atoms with Crippen LogP contribution in [0.4, 0.5) is 0 Å². The van der Waals surface area contributed by atoms with Crippen molar-refractivity contribution in [2.45, 2.75) is 32.6 Å². The Labute approximate surface area is 112 Å². The van der Waals surface area contributed by atoms with Crippen LogP contribution in [-0.4, -0.2) is 28.5 Å². The van der Waals surface area contributed by atoms with E-state index in [0.29, 0.717) is 17.8 Å². The van der Waals surface area contributed by atoms with Crippen molar-refractivity contribution in [2.75, 3.05) is 6.54 Å². The van der Waals surface area contributed by atoms with Crippen LogP contribution in [0.25, 0.3) is 0 Å². The van der Waals surface area contributed by atoms with E-state index < -0.39 is 0 Å². The Bertz CT molecular complexity index is 429. The number of hydrogen-bond donors (Lipinski definition) is 3. The van der Waals surface area contributed by atoms with Gasteiger partial charge < -0.3 is 16.3 Å². The number of amides is 1. The third-order valence-electron chi connectivity index (χ3n) is 2.72. The maximum atomic E-state index is 11.7. The molecule has 0 spiro atoms. The molecule has 104 valence electrons. The summed E-state index contributed by atoms with van der Waals surface area (Å²) in [5.74, 6) is -0.235. The summed E-state index contributed by atoms with van der Waals surface area (Å²) in [7, 11) is 0. The van der Waals surface area contributed by atoms with Gasteiger partial charge in [0, 0.05) is 18.3 Å². The van der Waals surface area contributed by atoms with Crippen molar-refractivity contribution in [3.05, 3.63) is 29.6 Å². The number of carbonyl (C=O) groups excluding carboxylic acids is 1. The van der Waals surface area contributed by atoms with E-state index in [1.807, 2.05) is 0 Å². The molecule has 0 aromatic carbocycles. The molecular weight excluding hydrogens is 244 g/mol. The second-order valence-electron chi connectivity index (χ2n) is 4.23. The van der Waals surface area contributed by atoms with Gasteiger partial charge in [0.15, 0.2) is 5.84 Å². The molecule has 0 aliphatic carbocycles. The average molecular weight is 264 g/mol. The van der Waals surface area contributed by atoms with Crippen LogP contribution in [0, 0.1) is 0 Å². The molecule has 0 saturated carbocycles. The smallest absolute Gasteiger partial charge is 0.269 e. The molecule has 1 aromatic heterocycles. The quantitative estimate of drug-likeness (QED) is 0.228. The number of nitrogens with two attached hydrogens (primary N) is 1. The van der Waals surface area contributed by atoms with E-state index in [1.54, 1.807) is 12.1 Å². The molecule has 0 bridgehead atoms. The minimum atomic E-state index is -0.206. The number of rotatable bonds is 7. The van der Waals surface area contributed by atoms with Crippen LogP contribution in [0.2, 0.25) is 0 Å². The minimum Gasteiger partial charge on any atom is -0.409 e. The first kappa shape index (κ1) is 14.9. The van der Waals surface area contributed by atoms with E-state index in [1.165, 1.54) is 19.0 Å². The third kappa shape index (κ3) is 4.95. The van der Waals surface area contributed by atoms with Gasteiger partial charge in [0.2, 0.25) is 0 Å². The first-order valence-electron chi connectivity index (χ1n) is 6.41. The second kappa shape index (κ2) is 8.07. The molecule has 6 nitrogen and oxygen atoms in total. The summed E-state index contributed by atoms with van der Waals surface area (Å²) in [4.78, 5) is 15.7. The zero-order valence-corrected chi connectivity index (χ0v) is 11.1. The highest BCUT2D eigenvalue weighted by atomic mass is 16.4. The van der Waals surface area contributed by atoms with E-state index in [9.17, 15) is 4.79 Å². The van der Waals surface area contributed by atoms with Gasteiger partial charge in [-0.15, -0.1) is 0 Å². The van der Waals surface area contributed by atoms with Crippen molar-refractivity contribution < 1.29 is 10.0 Å². The molecule has 0 aliphatic heterocycles. The fourth-order valence-electron chi connectivity index (χ4n) is 1.58. The van der Waals surface area contributed by atoms with Crippen molar-refractivity contribution in [2.24, 2.45) is 10.9 Å². The number of carbonyl (C=O) groups is 1. The fourth-order valence-corrected chi connectivity index (χ4v) is 1.58. The highest BCUT2D eigenvalue weighted by Crippen LogP contribution is 2.01. The van der Waals surface area contributed by atoms with Gasteiger partial charge in [-0.2, -0.15) is 0 Å². The predicted molar refractivity (Wildman–Crippen MR) is 73.2 cm³/mol. The highest BCUT2D eigenvalue weighted by molar-refractivity contribution is 5.98. The summed E-state index contributed by atoms with van der Waals surface area (Å²) in [6, 6.07) is 3.14. The predicted octanol–water partition coefficient (Wildman–Crippen LogP) is 1.49. The number of oxime groups is 1. The van der Waals surface area contributed by atoms with Gasteiger partial charge in [-0.05, 0) is 18.6 Å². The van der Waals surface area contributed by atoms with E-state index in [2.05, 4.69) is 22.4 Å². The lowest BCUT2D eigenvalue weighted by Crippen LogP contribution is -2.25. The first-order chi connectivity index (χ1) is 9.19. The van der Waals surface area contributed by atoms with Crippen molar-refractivity contribution in [3.8, 4) is 0 Å². The Morgan fingerprint density at radius 2 is 2.21 bits per heavy atom. The Morgan fingerprint density at radius 3 is 2.79 bits per heavy atom. The van der Waals surface area contributed by atoms with E-state index >= 15 is 0 Å². The summed E-state index contributed by atoms with van der Waals surface area (Å²) in [5.41, 5.74) is 6.20. The fraction of sp³-hybridized carbons (Fsp3) is 0.462. The largest absolute Gasteiger partial charge is 0.409 e. The molecule has 4 N–H and O–H groups in total. The number of unbranched alkanes of at least 4 members (excludes halogenated alkanes) is 3. The maximum absolute atomic E-state index is 11.7. The molecule has 1 aromatic rings. The third-order valence-corrected chi connectivity index (χ3v) is 2.72. The normalized spacial score (nSPS) is 11.3. The van der Waals surface area contributed by atoms with Crippen LogP contribution in [0.5, 0.6) is 0 Å². The zero-order valence-electron chi connectivity index (χ0n) is 11.1. The molecule has 0 saturated heterocycles. The first-order valence-corrected chi connectivity index (χ1v) is 6.41. The van der Waals surface area contributed by atoms with Crippen molar-refractivity contribution in [1.82, 2.24) is 10.3 Å². The van der Waals surface area contributed by atoms with Gasteiger partial charge in [0.25, 0.3) is 5.91 Å². The molecule has 6 heteroatoms. The van der Waals surface area contributed by atoms with Crippen molar-refractivity contribution in [3.63, 3.8) is 0 Å². The standard InChI is InChI=1S/C13H20N4O2/c1-2-3-4-5-8-15-13(18)11-7-6-10(9-16-11)12(14)17-19/h6-7,9,19H,2-5,8H2,1H3,(H2,14,17)(H,15,18). The highest BCUT2D eigenvalue weighted by Gasteiger charge is 2.07. The minimum absolute atomic E-state index is 0.0287. The molecule has 0 fully saturated rings. The van der Waals surface area contributed by atoms with Crippen molar-refractivity contribution in [1.29, 1.82) is 0 Å². The number of aromatic nitrogens is 1. The molecule has 1 amide bonds. The number of pyridine rings is 1. The molecule has 0 atom stereocenters. The molecular formula is C13H20N4O2. The van der Waals surface area contributed by atoms with Gasteiger partial charge in [-0.3, -0.25) is 9.78 Å². The second-order valence-corrected chi connectivity index (χ2v) is 4.23. The van der Waals surface area contributed by atoms with Gasteiger partial charge in [-0.25, -0.2) is 0 Å². The molecule has 0 radical (unpaired) electrons. The molecule has 0 aliphatic rings. The van der Waals surface area contributed by atoms with Crippen LogP contribution >= 0.6 is 0 Å². The zero-order chi connectivity index (χ0) is 14.1. The van der Waals surface area contributed by atoms with Crippen LogP contribution in [0.3, 0.4) is 0 Å². The Morgan fingerprint density at radius 1 is 1.42 bits per heavy atom. The lowest BCUT2D eigenvalue weighted by atomic mass is 10.2. The molecule has 1 heterocycles. The van der Waals surface area contributed by atoms with Crippen LogP contribution in [0.1, 0.15) is 48.7 Å². The molecule has 19 heavy (non-hydrogen) atoms. The van der Waals surface area contributed by atoms with Crippen LogP contribution in [-0.2, 0) is 0 Å². The van der Waals surface area contributed by atoms with Gasteiger partial charge in [0.1, 0.15) is 5.69 Å². The Hall–Kier alpha value is -2.11. The van der Waals surface area contributed by atoms with Gasteiger partial charge >= 0.3 is 0 Å². The molecule has 1 rings (SSSR count). The summed E-state index contributed by atoms with van der Waals surface area (Å²) in [6.45, 7) is 2.80. The number of amidine groups is 1. The topological polar surface area (TPSA) is 101 Å². The Kier molecular flexibility index (Phi) is 6.35. The average Bonchev–Trinajstić information content (AvgIpc) is 2.46. The number of nitrogens with zero attached hydrogens (tertiary/aromatic N) is 2. The number of hydrogen-bond acceptors (Lipinski definition) is 4. The maximum Gasteiger partial charge on any atom is 0.269 e. The lowest BCUT2D eigenvalue weighted by Gasteiger charge is -2.05. The summed E-state index contributed by atoms with van der Waals surface area (Å²) >= 11 is 0. The van der Waals surface area contributed by atoms with Crippen LogP contribution in [0.15, 0.2) is 23.5 Å². The lowest BCUT2D eigenvalue weighted by molar-refractivity contribution is 0.0948.